The zero-order valence-electron chi connectivity index (χ0n) is 16.6. The zero-order valence-corrected chi connectivity index (χ0v) is 18.1. The van der Waals surface area contributed by atoms with Gasteiger partial charge in [-0.15, -0.1) is 0 Å². The van der Waals surface area contributed by atoms with Gasteiger partial charge in [-0.05, 0) is 52.6 Å². The molecule has 1 saturated heterocycles. The monoisotopic (exact) mass is 471 g/mol. The summed E-state index contributed by atoms with van der Waals surface area (Å²) >= 11 is 5.85. The molecule has 32 heavy (non-hydrogen) atoms. The zero-order chi connectivity index (χ0) is 22.5. The molecule has 0 spiro atoms. The molecule has 2 aromatic carbocycles. The van der Waals surface area contributed by atoms with Crippen LogP contribution in [0.25, 0.3) is 11.1 Å². The van der Waals surface area contributed by atoms with Gasteiger partial charge < -0.3 is 19.1 Å². The van der Waals surface area contributed by atoms with E-state index in [1.54, 1.807) is 54.6 Å². The standard InChI is InChI=1S/C23H18ClNO6S/c24-19-2-1-3-20(25-19)31-32(28,29)18-12-17-21(13-4-8-15(26)9-5-13)22(23(18)30-17)14-6-10-16(27)11-7-14/h1-11,17-18,23,26-27H,12H2. The second-order valence-corrected chi connectivity index (χ2v) is 9.76. The van der Waals surface area contributed by atoms with E-state index >= 15 is 0 Å². The van der Waals surface area contributed by atoms with Crippen molar-refractivity contribution in [3.8, 4) is 17.4 Å². The Labute approximate surface area is 189 Å². The molecule has 0 saturated carbocycles. The van der Waals surface area contributed by atoms with E-state index in [-0.39, 0.29) is 29.0 Å². The lowest BCUT2D eigenvalue weighted by Gasteiger charge is -2.24. The van der Waals surface area contributed by atoms with Crippen molar-refractivity contribution in [1.29, 1.82) is 0 Å². The summed E-state index contributed by atoms with van der Waals surface area (Å²) in [6, 6.07) is 17.7. The van der Waals surface area contributed by atoms with Crippen molar-refractivity contribution in [1.82, 2.24) is 4.98 Å². The normalized spacial score (nSPS) is 22.3. The minimum atomic E-state index is -4.09. The van der Waals surface area contributed by atoms with Crippen molar-refractivity contribution in [2.24, 2.45) is 0 Å². The first-order valence-corrected chi connectivity index (χ1v) is 11.7. The number of phenols is 2. The predicted octanol–water partition coefficient (Wildman–Crippen LogP) is 4.01. The highest BCUT2D eigenvalue weighted by molar-refractivity contribution is 7.87. The number of hydrogen-bond donors (Lipinski definition) is 2. The summed E-state index contributed by atoms with van der Waals surface area (Å²) in [5.74, 6) is 0.130. The fourth-order valence-electron chi connectivity index (χ4n) is 4.25. The number of rotatable bonds is 5. The van der Waals surface area contributed by atoms with E-state index in [1.165, 1.54) is 12.1 Å². The maximum absolute atomic E-state index is 13.1. The Hall–Kier alpha value is -3.07. The highest BCUT2D eigenvalue weighted by atomic mass is 35.5. The Balaban J connectivity index is 1.56. The first-order chi connectivity index (χ1) is 15.3. The van der Waals surface area contributed by atoms with Gasteiger partial charge in [0.1, 0.15) is 28.0 Å². The van der Waals surface area contributed by atoms with Gasteiger partial charge in [-0.1, -0.05) is 41.9 Å². The second kappa shape index (κ2) is 7.81. The number of fused-ring (bicyclic) bond motifs is 2. The molecule has 1 fully saturated rings. The molecule has 2 aliphatic rings. The third-order valence-corrected chi connectivity index (χ3v) is 7.40. The van der Waals surface area contributed by atoms with Crippen LogP contribution in [0.5, 0.6) is 17.4 Å². The first-order valence-electron chi connectivity index (χ1n) is 9.86. The van der Waals surface area contributed by atoms with E-state index < -0.39 is 27.6 Å². The van der Waals surface area contributed by atoms with Crippen molar-refractivity contribution in [2.75, 3.05) is 0 Å². The van der Waals surface area contributed by atoms with Crippen LogP contribution in [0.3, 0.4) is 0 Å². The lowest BCUT2D eigenvalue weighted by molar-refractivity contribution is 0.128. The molecule has 5 rings (SSSR count). The maximum atomic E-state index is 13.1. The minimum Gasteiger partial charge on any atom is -0.508 e. The average Bonchev–Trinajstić information content (AvgIpc) is 3.34. The molecular weight excluding hydrogens is 454 g/mol. The number of halogens is 1. The minimum absolute atomic E-state index is 0.101. The van der Waals surface area contributed by atoms with Crippen LogP contribution in [0, 0.1) is 0 Å². The van der Waals surface area contributed by atoms with Crippen LogP contribution in [0.4, 0.5) is 0 Å². The summed E-state index contributed by atoms with van der Waals surface area (Å²) in [6.45, 7) is 0. The summed E-state index contributed by atoms with van der Waals surface area (Å²) in [6.07, 6.45) is -1.02. The first kappa shape index (κ1) is 20.8. The van der Waals surface area contributed by atoms with Gasteiger partial charge in [0, 0.05) is 12.5 Å². The van der Waals surface area contributed by atoms with Crippen LogP contribution in [0.1, 0.15) is 17.5 Å². The predicted molar refractivity (Wildman–Crippen MR) is 119 cm³/mol. The number of phenolic OH excluding ortho intramolecular Hbond substituents is 2. The molecule has 0 aliphatic carbocycles. The molecule has 3 heterocycles. The van der Waals surface area contributed by atoms with Gasteiger partial charge in [0.25, 0.3) is 0 Å². The Morgan fingerprint density at radius 3 is 2.09 bits per heavy atom. The molecule has 2 bridgehead atoms. The molecule has 164 valence electrons. The number of ether oxygens (including phenoxy) is 1. The van der Waals surface area contributed by atoms with E-state index in [2.05, 4.69) is 4.98 Å². The van der Waals surface area contributed by atoms with Crippen LogP contribution >= 0.6 is 11.6 Å². The lowest BCUT2D eigenvalue weighted by atomic mass is 9.83. The molecule has 0 amide bonds. The highest BCUT2D eigenvalue weighted by Gasteiger charge is 2.53. The molecule has 3 atom stereocenters. The van der Waals surface area contributed by atoms with E-state index in [1.807, 2.05) is 0 Å². The molecule has 0 radical (unpaired) electrons. The molecule has 2 aliphatic heterocycles. The van der Waals surface area contributed by atoms with E-state index in [4.69, 9.17) is 20.5 Å². The van der Waals surface area contributed by atoms with Gasteiger partial charge in [-0.2, -0.15) is 8.42 Å². The number of aromatic nitrogens is 1. The van der Waals surface area contributed by atoms with Crippen LogP contribution in [-0.4, -0.2) is 41.1 Å². The summed E-state index contributed by atoms with van der Waals surface area (Å²) in [7, 11) is -4.09. The largest absolute Gasteiger partial charge is 0.508 e. The van der Waals surface area contributed by atoms with Crippen LogP contribution in [0.15, 0.2) is 66.7 Å². The Morgan fingerprint density at radius 1 is 0.906 bits per heavy atom. The quantitative estimate of drug-likeness (QED) is 0.428. The Kier molecular flexibility index (Phi) is 5.08. The SMILES string of the molecule is O=S(=O)(Oc1cccc(Cl)n1)C1CC2OC1C(c1ccc(O)cc1)=C2c1ccc(O)cc1. The molecule has 9 heteroatoms. The van der Waals surface area contributed by atoms with Gasteiger partial charge in [0.05, 0.1) is 6.10 Å². The number of aromatic hydroxyl groups is 2. The lowest BCUT2D eigenvalue weighted by Crippen LogP contribution is -2.35. The van der Waals surface area contributed by atoms with Crippen LogP contribution in [0.2, 0.25) is 5.15 Å². The van der Waals surface area contributed by atoms with E-state index in [0.29, 0.717) is 5.57 Å². The highest BCUT2D eigenvalue weighted by Crippen LogP contribution is 2.51. The average molecular weight is 472 g/mol. The number of hydrogen-bond acceptors (Lipinski definition) is 7. The van der Waals surface area contributed by atoms with E-state index in [0.717, 1.165) is 16.7 Å². The fourth-order valence-corrected chi connectivity index (χ4v) is 5.77. The van der Waals surface area contributed by atoms with Crippen molar-refractivity contribution in [3.63, 3.8) is 0 Å². The molecule has 1 aromatic heterocycles. The van der Waals surface area contributed by atoms with E-state index in [9.17, 15) is 18.6 Å². The fraction of sp³-hybridized carbons (Fsp3) is 0.174. The molecule has 3 aromatic rings. The van der Waals surface area contributed by atoms with Gasteiger partial charge in [-0.25, -0.2) is 4.98 Å². The smallest absolute Gasteiger partial charge is 0.316 e. The van der Waals surface area contributed by atoms with Crippen molar-refractivity contribution in [3.05, 3.63) is 83.0 Å². The van der Waals surface area contributed by atoms with Crippen LogP contribution < -0.4 is 4.18 Å². The summed E-state index contributed by atoms with van der Waals surface area (Å²) in [5.41, 5.74) is 3.13. The maximum Gasteiger partial charge on any atom is 0.316 e. The van der Waals surface area contributed by atoms with Gasteiger partial charge in [0.15, 0.2) is 0 Å². The Bertz CT molecular complexity index is 1310. The second-order valence-electron chi connectivity index (χ2n) is 7.62. The Morgan fingerprint density at radius 2 is 1.50 bits per heavy atom. The topological polar surface area (TPSA) is 106 Å². The van der Waals surface area contributed by atoms with Crippen molar-refractivity contribution in [2.45, 2.75) is 23.9 Å². The molecule has 2 N–H and O–H groups in total. The number of nitrogens with zero attached hydrogens (tertiary/aromatic N) is 1. The summed E-state index contributed by atoms with van der Waals surface area (Å²) in [4.78, 5) is 3.91. The third kappa shape index (κ3) is 3.70. The summed E-state index contributed by atoms with van der Waals surface area (Å²) < 4.78 is 37.7. The molecular formula is C23H18ClNO6S. The third-order valence-electron chi connectivity index (χ3n) is 5.61. The number of pyridine rings is 1. The van der Waals surface area contributed by atoms with Crippen molar-refractivity contribution >= 4 is 32.9 Å². The van der Waals surface area contributed by atoms with Gasteiger partial charge >= 0.3 is 10.1 Å². The number of benzene rings is 2. The van der Waals surface area contributed by atoms with Gasteiger partial charge in [0.2, 0.25) is 5.88 Å². The molecule has 7 nitrogen and oxygen atoms in total. The van der Waals surface area contributed by atoms with Gasteiger partial charge in [-0.3, -0.25) is 0 Å². The summed E-state index contributed by atoms with van der Waals surface area (Å²) in [5, 5.41) is 18.6. The van der Waals surface area contributed by atoms with Crippen LogP contribution in [-0.2, 0) is 14.9 Å². The molecule has 3 unspecified atom stereocenters. The van der Waals surface area contributed by atoms with Crippen molar-refractivity contribution < 1.29 is 27.6 Å².